The van der Waals surface area contributed by atoms with Crippen LogP contribution in [0.1, 0.15) is 17.5 Å². The normalized spacial score (nSPS) is 12.6. The first-order valence-corrected chi connectivity index (χ1v) is 4.59. The van der Waals surface area contributed by atoms with E-state index < -0.39 is 0 Å². The molecular weight excluding hydrogens is 186 g/mol. The van der Waals surface area contributed by atoms with Crippen molar-refractivity contribution in [2.75, 3.05) is 0 Å². The average Bonchev–Trinajstić information content (AvgIpc) is 2.68. The topological polar surface area (TPSA) is 68.6 Å². The van der Waals surface area contributed by atoms with Crippen molar-refractivity contribution in [1.82, 2.24) is 14.6 Å². The lowest BCUT2D eigenvalue weighted by atomic mass is 10.3. The van der Waals surface area contributed by atoms with Crippen molar-refractivity contribution in [3.05, 3.63) is 16.9 Å². The van der Waals surface area contributed by atoms with Crippen LogP contribution in [0.2, 0.25) is 0 Å². The molecule has 0 amide bonds. The van der Waals surface area contributed by atoms with Gasteiger partial charge in [0.2, 0.25) is 4.96 Å². The van der Waals surface area contributed by atoms with E-state index in [9.17, 15) is 0 Å². The molecule has 0 saturated heterocycles. The number of hydrogen-bond acceptors (Lipinski definition) is 5. The Kier molecular flexibility index (Phi) is 1.77. The molecule has 0 bridgehead atoms. The van der Waals surface area contributed by atoms with Gasteiger partial charge in [-0.25, -0.2) is 9.50 Å². The van der Waals surface area contributed by atoms with Crippen LogP contribution in [0, 0.1) is 6.92 Å². The highest BCUT2D eigenvalue weighted by Gasteiger charge is 2.11. The lowest BCUT2D eigenvalue weighted by Crippen LogP contribution is -1.99. The quantitative estimate of drug-likeness (QED) is 0.415. The van der Waals surface area contributed by atoms with Gasteiger partial charge >= 0.3 is 0 Å². The average molecular weight is 195 g/mol. The maximum atomic E-state index is 5.21. The summed E-state index contributed by atoms with van der Waals surface area (Å²) in [5, 5.41) is 7.73. The number of hydrogen-bond donors (Lipinski definition) is 1. The van der Waals surface area contributed by atoms with Crippen molar-refractivity contribution in [3.63, 3.8) is 0 Å². The Morgan fingerprint density at radius 2 is 2.46 bits per heavy atom. The maximum absolute atomic E-state index is 5.21. The number of nitrogens with zero attached hydrogens (tertiary/aromatic N) is 4. The number of aromatic nitrogens is 3. The lowest BCUT2D eigenvalue weighted by Gasteiger charge is -1.94. The largest absolute Gasteiger partial charge is 0.323 e. The molecule has 0 unspecified atom stereocenters. The van der Waals surface area contributed by atoms with Gasteiger partial charge in [0, 0.05) is 0 Å². The Morgan fingerprint density at radius 3 is 3.08 bits per heavy atom. The van der Waals surface area contributed by atoms with Crippen molar-refractivity contribution < 1.29 is 0 Å². The third-order valence-corrected chi connectivity index (χ3v) is 3.13. The zero-order valence-electron chi connectivity index (χ0n) is 7.35. The number of rotatable bonds is 1. The van der Waals surface area contributed by atoms with Gasteiger partial charge in [-0.05, 0) is 13.8 Å². The molecule has 2 rings (SSSR count). The zero-order valence-corrected chi connectivity index (χ0v) is 8.17. The van der Waals surface area contributed by atoms with E-state index in [1.165, 1.54) is 6.33 Å². The monoisotopic (exact) mass is 195 g/mol. The Morgan fingerprint density at radius 1 is 1.69 bits per heavy atom. The van der Waals surface area contributed by atoms with Gasteiger partial charge in [-0.3, -0.25) is 0 Å². The summed E-state index contributed by atoms with van der Waals surface area (Å²) in [7, 11) is 0. The second kappa shape index (κ2) is 2.81. The van der Waals surface area contributed by atoms with Crippen LogP contribution in [0.3, 0.4) is 0 Å². The van der Waals surface area contributed by atoms with Crippen molar-refractivity contribution >= 4 is 22.0 Å². The van der Waals surface area contributed by atoms with Gasteiger partial charge in [0.05, 0.1) is 16.3 Å². The molecule has 0 spiro atoms. The van der Waals surface area contributed by atoms with Crippen LogP contribution in [0.4, 0.5) is 0 Å². The van der Waals surface area contributed by atoms with Gasteiger partial charge < -0.3 is 5.84 Å². The smallest absolute Gasteiger partial charge is 0.212 e. The first-order chi connectivity index (χ1) is 6.24. The van der Waals surface area contributed by atoms with Crippen LogP contribution in [0.15, 0.2) is 11.4 Å². The molecular formula is C7H9N5S. The third kappa shape index (κ3) is 1.10. The maximum Gasteiger partial charge on any atom is 0.212 e. The van der Waals surface area contributed by atoms with Crippen LogP contribution in [0.5, 0.6) is 0 Å². The van der Waals surface area contributed by atoms with Crippen molar-refractivity contribution in [3.8, 4) is 0 Å². The number of fused-ring (bicyclic) bond motifs is 1. The third-order valence-electron chi connectivity index (χ3n) is 1.88. The van der Waals surface area contributed by atoms with E-state index in [0.717, 1.165) is 21.2 Å². The van der Waals surface area contributed by atoms with E-state index in [1.807, 2.05) is 13.8 Å². The molecule has 0 atom stereocenters. The van der Waals surface area contributed by atoms with Gasteiger partial charge in [-0.15, -0.1) is 0 Å². The highest BCUT2D eigenvalue weighted by molar-refractivity contribution is 7.19. The van der Waals surface area contributed by atoms with Gasteiger partial charge in [0.1, 0.15) is 6.33 Å². The Labute approximate surface area is 78.9 Å². The van der Waals surface area contributed by atoms with E-state index in [1.54, 1.807) is 15.9 Å². The Balaban J connectivity index is 2.71. The molecule has 0 aliphatic carbocycles. The molecule has 2 aromatic rings. The fourth-order valence-electron chi connectivity index (χ4n) is 1.19. The molecule has 0 aliphatic rings. The number of nitrogens with two attached hydrogens (primary N) is 1. The second-order valence-electron chi connectivity index (χ2n) is 2.69. The lowest BCUT2D eigenvalue weighted by molar-refractivity contribution is 0.929. The fourth-order valence-corrected chi connectivity index (χ4v) is 2.17. The van der Waals surface area contributed by atoms with Gasteiger partial charge in [0.25, 0.3) is 0 Å². The summed E-state index contributed by atoms with van der Waals surface area (Å²) in [5.41, 5.74) is 1.85. The molecule has 2 heterocycles. The van der Waals surface area contributed by atoms with Crippen LogP contribution >= 0.6 is 11.3 Å². The highest BCUT2D eigenvalue weighted by atomic mass is 32.1. The minimum Gasteiger partial charge on any atom is -0.323 e. The van der Waals surface area contributed by atoms with Gasteiger partial charge in [0.15, 0.2) is 0 Å². The predicted molar refractivity (Wildman–Crippen MR) is 52.0 cm³/mol. The minimum absolute atomic E-state index is 0.815. The van der Waals surface area contributed by atoms with Gasteiger partial charge in [-0.1, -0.05) is 11.3 Å². The second-order valence-corrected chi connectivity index (χ2v) is 3.66. The van der Waals surface area contributed by atoms with Crippen LogP contribution in [-0.4, -0.2) is 20.3 Å². The van der Waals surface area contributed by atoms with E-state index >= 15 is 0 Å². The molecule has 6 heteroatoms. The van der Waals surface area contributed by atoms with Crippen molar-refractivity contribution in [2.24, 2.45) is 10.9 Å². The number of hydrazone groups is 1. The molecule has 2 N–H and O–H groups in total. The summed E-state index contributed by atoms with van der Waals surface area (Å²) in [5.74, 6) is 5.21. The van der Waals surface area contributed by atoms with E-state index in [4.69, 9.17) is 5.84 Å². The van der Waals surface area contributed by atoms with Crippen molar-refractivity contribution in [2.45, 2.75) is 13.8 Å². The standard InChI is InChI=1S/C7H9N5S/c1-4(11-8)6-5(2)12-7(13-6)9-3-10-12/h3H,8H2,1-2H3. The molecule has 68 valence electrons. The first-order valence-electron chi connectivity index (χ1n) is 3.78. The fraction of sp³-hybridized carbons (Fsp3) is 0.286. The predicted octanol–water partition coefficient (Wildman–Crippen LogP) is 0.782. The van der Waals surface area contributed by atoms with E-state index in [0.29, 0.717) is 0 Å². The summed E-state index contributed by atoms with van der Waals surface area (Å²) < 4.78 is 1.79. The van der Waals surface area contributed by atoms with Crippen LogP contribution in [-0.2, 0) is 0 Å². The Hall–Kier alpha value is -1.43. The molecule has 13 heavy (non-hydrogen) atoms. The SMILES string of the molecule is CC(=NN)c1sc2ncnn2c1C. The summed E-state index contributed by atoms with van der Waals surface area (Å²) in [6.45, 7) is 3.85. The molecule has 0 aromatic carbocycles. The van der Waals surface area contributed by atoms with Crippen LogP contribution < -0.4 is 5.84 Å². The van der Waals surface area contributed by atoms with Crippen molar-refractivity contribution in [1.29, 1.82) is 0 Å². The molecule has 0 radical (unpaired) electrons. The summed E-state index contributed by atoms with van der Waals surface area (Å²) in [6.07, 6.45) is 1.54. The Bertz CT molecular complexity index is 466. The van der Waals surface area contributed by atoms with E-state index in [-0.39, 0.29) is 0 Å². The summed E-state index contributed by atoms with van der Waals surface area (Å²) in [6, 6.07) is 0. The summed E-state index contributed by atoms with van der Waals surface area (Å²) >= 11 is 1.54. The minimum atomic E-state index is 0.815. The van der Waals surface area contributed by atoms with Crippen LogP contribution in [0.25, 0.3) is 4.96 Å². The first kappa shape index (κ1) is 8.18. The molecule has 0 saturated carbocycles. The van der Waals surface area contributed by atoms with E-state index in [2.05, 4.69) is 15.2 Å². The molecule has 2 aromatic heterocycles. The highest BCUT2D eigenvalue weighted by Crippen LogP contribution is 2.20. The molecule has 5 nitrogen and oxygen atoms in total. The number of thiazole rings is 1. The summed E-state index contributed by atoms with van der Waals surface area (Å²) in [4.78, 5) is 6.00. The molecule has 0 fully saturated rings. The van der Waals surface area contributed by atoms with Gasteiger partial charge in [-0.2, -0.15) is 10.2 Å². The number of aryl methyl sites for hydroxylation is 1. The molecule has 0 aliphatic heterocycles. The zero-order chi connectivity index (χ0) is 9.42.